The summed E-state index contributed by atoms with van der Waals surface area (Å²) in [5.41, 5.74) is 1.22. The average Bonchev–Trinajstić information content (AvgIpc) is 3.14. The van der Waals surface area contributed by atoms with Crippen molar-refractivity contribution < 1.29 is 14.2 Å². The molecule has 2 heterocycles. The monoisotopic (exact) mass is 503 g/mol. The Kier molecular flexibility index (Phi) is 8.67. The first kappa shape index (κ1) is 23.1. The molecule has 7 heteroatoms. The van der Waals surface area contributed by atoms with Crippen LogP contribution in [0.5, 0.6) is 11.5 Å². The fourth-order valence-corrected chi connectivity index (χ4v) is 3.46. The average molecular weight is 503 g/mol. The fourth-order valence-electron chi connectivity index (χ4n) is 3.46. The van der Waals surface area contributed by atoms with Gasteiger partial charge in [-0.05, 0) is 50.3 Å². The molecule has 158 valence electrons. The molecule has 1 saturated heterocycles. The molecule has 2 aliphatic rings. The van der Waals surface area contributed by atoms with E-state index in [2.05, 4.69) is 50.5 Å². The van der Waals surface area contributed by atoms with Crippen LogP contribution in [0.3, 0.4) is 0 Å². The van der Waals surface area contributed by atoms with Crippen molar-refractivity contribution in [2.45, 2.75) is 52.0 Å². The maximum Gasteiger partial charge on any atom is 0.231 e. The summed E-state index contributed by atoms with van der Waals surface area (Å²) in [5, 5.41) is 6.91. The molecule has 0 bridgehead atoms. The second-order valence-electron chi connectivity index (χ2n) is 7.83. The van der Waals surface area contributed by atoms with Crippen molar-refractivity contribution in [1.29, 1.82) is 0 Å². The van der Waals surface area contributed by atoms with Gasteiger partial charge in [-0.25, -0.2) is 0 Å². The summed E-state index contributed by atoms with van der Waals surface area (Å²) in [4.78, 5) is 4.97. The Balaban J connectivity index is 0.00000280. The van der Waals surface area contributed by atoms with E-state index in [4.69, 9.17) is 19.2 Å². The van der Waals surface area contributed by atoms with Gasteiger partial charge in [0.05, 0.1) is 6.54 Å². The van der Waals surface area contributed by atoms with Crippen LogP contribution in [-0.2, 0) is 10.2 Å². The first-order valence-electron chi connectivity index (χ1n) is 10.1. The zero-order valence-corrected chi connectivity index (χ0v) is 19.7. The highest BCUT2D eigenvalue weighted by atomic mass is 127. The predicted molar refractivity (Wildman–Crippen MR) is 123 cm³/mol. The lowest BCUT2D eigenvalue weighted by atomic mass is 9.74. The number of rotatable bonds is 6. The van der Waals surface area contributed by atoms with E-state index in [1.165, 1.54) is 5.56 Å². The van der Waals surface area contributed by atoms with Crippen LogP contribution in [0.2, 0.25) is 0 Å². The minimum absolute atomic E-state index is 0. The van der Waals surface area contributed by atoms with E-state index >= 15 is 0 Å². The van der Waals surface area contributed by atoms with Gasteiger partial charge in [0.15, 0.2) is 17.5 Å². The van der Waals surface area contributed by atoms with Crippen LogP contribution in [0.25, 0.3) is 0 Å². The van der Waals surface area contributed by atoms with Crippen molar-refractivity contribution >= 4 is 29.9 Å². The van der Waals surface area contributed by atoms with Crippen LogP contribution in [0.4, 0.5) is 0 Å². The van der Waals surface area contributed by atoms with Gasteiger partial charge in [-0.15, -0.1) is 24.0 Å². The zero-order valence-electron chi connectivity index (χ0n) is 17.4. The first-order valence-corrected chi connectivity index (χ1v) is 10.1. The summed E-state index contributed by atoms with van der Waals surface area (Å²) in [6, 6.07) is 6.66. The van der Waals surface area contributed by atoms with Gasteiger partial charge in [0.2, 0.25) is 6.79 Å². The molecule has 0 amide bonds. The molecule has 1 aromatic rings. The van der Waals surface area contributed by atoms with Crippen LogP contribution in [0.15, 0.2) is 23.2 Å². The molecular weight excluding hydrogens is 469 g/mol. The van der Waals surface area contributed by atoms with E-state index in [1.807, 2.05) is 6.07 Å². The van der Waals surface area contributed by atoms with Crippen molar-refractivity contribution in [3.63, 3.8) is 0 Å². The van der Waals surface area contributed by atoms with Crippen molar-refractivity contribution in [3.05, 3.63) is 23.8 Å². The second kappa shape index (κ2) is 10.5. The molecule has 1 unspecified atom stereocenters. The third kappa shape index (κ3) is 5.43. The fraction of sp³-hybridized carbons (Fsp3) is 0.667. The number of hydrogen-bond acceptors (Lipinski definition) is 4. The van der Waals surface area contributed by atoms with Crippen LogP contribution in [0.1, 0.15) is 46.1 Å². The summed E-state index contributed by atoms with van der Waals surface area (Å²) in [7, 11) is 0. The lowest BCUT2D eigenvalue weighted by Gasteiger charge is -2.37. The summed E-state index contributed by atoms with van der Waals surface area (Å²) in [6.07, 6.45) is 1.91. The summed E-state index contributed by atoms with van der Waals surface area (Å²) < 4.78 is 16.7. The number of halogens is 1. The number of nitrogens with zero attached hydrogens (tertiary/aromatic N) is 1. The number of nitrogens with one attached hydrogen (secondary N) is 2. The topological polar surface area (TPSA) is 64.1 Å². The van der Waals surface area contributed by atoms with Gasteiger partial charge in [-0.2, -0.15) is 0 Å². The Bertz CT molecular complexity index is 660. The molecule has 28 heavy (non-hydrogen) atoms. The number of ether oxygens (including phenoxy) is 3. The summed E-state index contributed by atoms with van der Waals surface area (Å²) >= 11 is 0. The third-order valence-corrected chi connectivity index (χ3v) is 5.68. The zero-order chi connectivity index (χ0) is 19.3. The second-order valence-corrected chi connectivity index (χ2v) is 7.83. The lowest BCUT2D eigenvalue weighted by molar-refractivity contribution is 0.0530. The van der Waals surface area contributed by atoms with E-state index in [0.29, 0.717) is 18.8 Å². The van der Waals surface area contributed by atoms with E-state index in [1.54, 1.807) is 0 Å². The van der Waals surface area contributed by atoms with Gasteiger partial charge in [-0.1, -0.05) is 19.9 Å². The molecular formula is C21H34IN3O3. The molecule has 1 atom stereocenters. The number of guanidine groups is 1. The normalized spacial score (nSPS) is 19.1. The van der Waals surface area contributed by atoms with Gasteiger partial charge in [0.1, 0.15) is 0 Å². The Labute approximate surface area is 185 Å². The van der Waals surface area contributed by atoms with Gasteiger partial charge in [0, 0.05) is 31.2 Å². The molecule has 0 spiro atoms. The number of benzene rings is 1. The minimum atomic E-state index is -0.0390. The molecule has 3 rings (SSSR count). The molecule has 0 radical (unpaired) electrons. The molecule has 2 aliphatic heterocycles. The quantitative estimate of drug-likeness (QED) is 0.353. The van der Waals surface area contributed by atoms with E-state index < -0.39 is 0 Å². The molecule has 1 fully saturated rings. The molecule has 6 nitrogen and oxygen atoms in total. The summed E-state index contributed by atoms with van der Waals surface area (Å²) in [5.74, 6) is 3.08. The van der Waals surface area contributed by atoms with Gasteiger partial charge >= 0.3 is 0 Å². The molecule has 0 aliphatic carbocycles. The highest BCUT2D eigenvalue weighted by Gasteiger charge is 2.35. The highest BCUT2D eigenvalue weighted by molar-refractivity contribution is 14.0. The molecule has 0 saturated carbocycles. The van der Waals surface area contributed by atoms with Crippen molar-refractivity contribution in [1.82, 2.24) is 10.6 Å². The van der Waals surface area contributed by atoms with Crippen molar-refractivity contribution in [3.8, 4) is 11.5 Å². The lowest BCUT2D eigenvalue weighted by Crippen LogP contribution is -2.45. The van der Waals surface area contributed by atoms with Crippen LogP contribution in [-0.4, -0.2) is 45.1 Å². The Morgan fingerprint density at radius 3 is 2.54 bits per heavy atom. The standard InChI is InChI=1S/C21H33N3O3.HI/c1-5-22-20(24-16(4)15(2)3)23-13-21(8-10-25-11-9-21)17-6-7-18-19(12-17)27-14-26-18;/h6-7,12,15-16H,5,8-11,13-14H2,1-4H3,(H2,22,23,24);1H. The molecule has 0 aromatic heterocycles. The molecule has 2 N–H and O–H groups in total. The third-order valence-electron chi connectivity index (χ3n) is 5.68. The summed E-state index contributed by atoms with van der Waals surface area (Å²) in [6.45, 7) is 12.1. The van der Waals surface area contributed by atoms with Gasteiger partial charge in [0.25, 0.3) is 0 Å². The Hall–Kier alpha value is -1.22. The smallest absolute Gasteiger partial charge is 0.231 e. The maximum absolute atomic E-state index is 5.65. The highest BCUT2D eigenvalue weighted by Crippen LogP contribution is 2.41. The molecule has 1 aromatic carbocycles. The van der Waals surface area contributed by atoms with E-state index in [-0.39, 0.29) is 29.4 Å². The van der Waals surface area contributed by atoms with E-state index in [0.717, 1.165) is 56.6 Å². The maximum atomic E-state index is 5.65. The Morgan fingerprint density at radius 1 is 1.14 bits per heavy atom. The number of fused-ring (bicyclic) bond motifs is 1. The van der Waals surface area contributed by atoms with E-state index in [9.17, 15) is 0 Å². The SMILES string of the molecule is CCNC(=NCC1(c2ccc3c(c2)OCO3)CCOCC1)NC(C)C(C)C.I. The van der Waals surface area contributed by atoms with Gasteiger partial charge < -0.3 is 24.8 Å². The van der Waals surface area contributed by atoms with Crippen molar-refractivity contribution in [2.24, 2.45) is 10.9 Å². The largest absolute Gasteiger partial charge is 0.454 e. The van der Waals surface area contributed by atoms with Crippen molar-refractivity contribution in [2.75, 3.05) is 33.1 Å². The number of aliphatic imine (C=N–C) groups is 1. The number of hydrogen-bond donors (Lipinski definition) is 2. The van der Waals surface area contributed by atoms with Crippen LogP contribution >= 0.6 is 24.0 Å². The first-order chi connectivity index (χ1) is 13.0. The minimum Gasteiger partial charge on any atom is -0.454 e. The predicted octanol–water partition coefficient (Wildman–Crippen LogP) is 3.68. The Morgan fingerprint density at radius 2 is 1.86 bits per heavy atom. The van der Waals surface area contributed by atoms with Crippen LogP contribution < -0.4 is 20.1 Å². The van der Waals surface area contributed by atoms with Crippen LogP contribution in [0, 0.1) is 5.92 Å². The van der Waals surface area contributed by atoms with Gasteiger partial charge in [-0.3, -0.25) is 4.99 Å².